The quantitative estimate of drug-likeness (QED) is 0.830. The van der Waals surface area contributed by atoms with E-state index in [1.807, 2.05) is 0 Å². The van der Waals surface area contributed by atoms with Crippen LogP contribution >= 0.6 is 0 Å². The summed E-state index contributed by atoms with van der Waals surface area (Å²) in [6, 6.07) is -0.243. The molecule has 0 radical (unpaired) electrons. The highest BCUT2D eigenvalue weighted by Crippen LogP contribution is 2.16. The number of carbonyl (C=O) groups excluding carboxylic acids is 1. The van der Waals surface area contributed by atoms with E-state index in [0.717, 1.165) is 6.42 Å². The molecule has 17 heavy (non-hydrogen) atoms. The SMILES string of the molecule is CC(C)C(=O)N1CCCC(NCC(F)(F)F)C1. The molecule has 100 valence electrons. The van der Waals surface area contributed by atoms with E-state index in [4.69, 9.17) is 0 Å². The summed E-state index contributed by atoms with van der Waals surface area (Å²) >= 11 is 0. The minimum absolute atomic E-state index is 0.0171. The van der Waals surface area contributed by atoms with E-state index in [2.05, 4.69) is 5.32 Å². The van der Waals surface area contributed by atoms with Gasteiger partial charge >= 0.3 is 6.18 Å². The second-order valence-corrected chi connectivity index (χ2v) is 4.77. The smallest absolute Gasteiger partial charge is 0.341 e. The molecule has 0 saturated carbocycles. The third kappa shape index (κ3) is 4.93. The molecule has 1 amide bonds. The second kappa shape index (κ2) is 5.71. The molecular formula is C11H19F3N2O. The number of alkyl halides is 3. The van der Waals surface area contributed by atoms with Gasteiger partial charge in [0, 0.05) is 25.0 Å². The highest BCUT2D eigenvalue weighted by atomic mass is 19.4. The Balaban J connectivity index is 2.41. The van der Waals surface area contributed by atoms with Gasteiger partial charge in [-0.3, -0.25) is 4.79 Å². The summed E-state index contributed by atoms with van der Waals surface area (Å²) in [4.78, 5) is 13.4. The molecule has 0 aromatic rings. The van der Waals surface area contributed by atoms with Gasteiger partial charge in [-0.15, -0.1) is 0 Å². The molecule has 1 N–H and O–H groups in total. The van der Waals surface area contributed by atoms with Gasteiger partial charge in [-0.2, -0.15) is 13.2 Å². The summed E-state index contributed by atoms with van der Waals surface area (Å²) in [7, 11) is 0. The van der Waals surface area contributed by atoms with Crippen molar-refractivity contribution >= 4 is 5.91 Å². The van der Waals surface area contributed by atoms with Crippen LogP contribution in [-0.4, -0.2) is 42.7 Å². The Bertz CT molecular complexity index is 266. The monoisotopic (exact) mass is 252 g/mol. The lowest BCUT2D eigenvalue weighted by atomic mass is 10.0. The first-order valence-corrected chi connectivity index (χ1v) is 5.88. The number of nitrogens with one attached hydrogen (secondary N) is 1. The van der Waals surface area contributed by atoms with Crippen LogP contribution < -0.4 is 5.32 Å². The first-order valence-electron chi connectivity index (χ1n) is 5.88. The maximum atomic E-state index is 12.1. The summed E-state index contributed by atoms with van der Waals surface area (Å²) in [6.07, 6.45) is -2.74. The Labute approximate surface area is 99.4 Å². The number of piperidine rings is 1. The van der Waals surface area contributed by atoms with E-state index in [9.17, 15) is 18.0 Å². The molecule has 1 saturated heterocycles. The zero-order valence-corrected chi connectivity index (χ0v) is 10.2. The van der Waals surface area contributed by atoms with Crippen LogP contribution in [0.4, 0.5) is 13.2 Å². The van der Waals surface area contributed by atoms with Crippen molar-refractivity contribution in [2.75, 3.05) is 19.6 Å². The number of nitrogens with zero attached hydrogens (tertiary/aromatic N) is 1. The van der Waals surface area contributed by atoms with Crippen LogP contribution in [-0.2, 0) is 4.79 Å². The minimum atomic E-state index is -4.19. The summed E-state index contributed by atoms with van der Waals surface area (Å²) in [5.74, 6) is -0.0834. The average Bonchev–Trinajstić information content (AvgIpc) is 2.24. The van der Waals surface area contributed by atoms with Crippen molar-refractivity contribution in [3.05, 3.63) is 0 Å². The van der Waals surface area contributed by atoms with Crippen LogP contribution in [0.3, 0.4) is 0 Å². The summed E-state index contributed by atoms with van der Waals surface area (Å²) in [5.41, 5.74) is 0. The molecular weight excluding hydrogens is 233 g/mol. The Morgan fingerprint density at radius 1 is 1.47 bits per heavy atom. The molecule has 0 aromatic heterocycles. The molecule has 1 heterocycles. The van der Waals surface area contributed by atoms with E-state index < -0.39 is 12.7 Å². The normalized spacial score (nSPS) is 22.0. The van der Waals surface area contributed by atoms with Crippen molar-refractivity contribution < 1.29 is 18.0 Å². The van der Waals surface area contributed by atoms with Gasteiger partial charge in [0.25, 0.3) is 0 Å². The van der Waals surface area contributed by atoms with E-state index in [1.165, 1.54) is 0 Å². The van der Waals surface area contributed by atoms with Crippen molar-refractivity contribution in [2.24, 2.45) is 5.92 Å². The highest BCUT2D eigenvalue weighted by Gasteiger charge is 2.30. The van der Waals surface area contributed by atoms with Crippen molar-refractivity contribution in [3.63, 3.8) is 0 Å². The summed E-state index contributed by atoms with van der Waals surface area (Å²) in [5, 5.41) is 2.47. The number of rotatable bonds is 3. The third-order valence-electron chi connectivity index (χ3n) is 2.82. The van der Waals surface area contributed by atoms with Gasteiger partial charge in [-0.1, -0.05) is 13.8 Å². The minimum Gasteiger partial charge on any atom is -0.341 e. The molecule has 0 spiro atoms. The fourth-order valence-electron chi connectivity index (χ4n) is 1.97. The van der Waals surface area contributed by atoms with Crippen LogP contribution in [0.25, 0.3) is 0 Å². The van der Waals surface area contributed by atoms with Gasteiger partial charge in [-0.25, -0.2) is 0 Å². The average molecular weight is 252 g/mol. The molecule has 3 nitrogen and oxygen atoms in total. The first kappa shape index (κ1) is 14.3. The van der Waals surface area contributed by atoms with Gasteiger partial charge in [0.05, 0.1) is 6.54 Å². The Morgan fingerprint density at radius 3 is 2.65 bits per heavy atom. The summed E-state index contributed by atoms with van der Waals surface area (Å²) < 4.78 is 36.2. The van der Waals surface area contributed by atoms with Gasteiger partial charge in [0.15, 0.2) is 0 Å². The van der Waals surface area contributed by atoms with E-state index in [-0.39, 0.29) is 17.9 Å². The third-order valence-corrected chi connectivity index (χ3v) is 2.82. The van der Waals surface area contributed by atoms with Gasteiger partial charge in [-0.05, 0) is 12.8 Å². The lowest BCUT2D eigenvalue weighted by molar-refractivity contribution is -0.136. The van der Waals surface area contributed by atoms with E-state index in [0.29, 0.717) is 19.5 Å². The fourth-order valence-corrected chi connectivity index (χ4v) is 1.97. The molecule has 1 aliphatic rings. The van der Waals surface area contributed by atoms with Crippen LogP contribution in [0.1, 0.15) is 26.7 Å². The van der Waals surface area contributed by atoms with Gasteiger partial charge < -0.3 is 10.2 Å². The highest BCUT2D eigenvalue weighted by molar-refractivity contribution is 5.78. The zero-order chi connectivity index (χ0) is 13.1. The predicted octanol–water partition coefficient (Wildman–Crippen LogP) is 1.79. The maximum absolute atomic E-state index is 12.1. The lowest BCUT2D eigenvalue weighted by Gasteiger charge is -2.34. The standard InChI is InChI=1S/C11H19F3N2O/c1-8(2)10(17)16-5-3-4-9(6-16)15-7-11(12,13)14/h8-9,15H,3-7H2,1-2H3. The zero-order valence-electron chi connectivity index (χ0n) is 10.2. The Hall–Kier alpha value is -0.780. The Kier molecular flexibility index (Phi) is 4.80. The van der Waals surface area contributed by atoms with Crippen LogP contribution in [0, 0.1) is 5.92 Å². The largest absolute Gasteiger partial charge is 0.401 e. The first-order chi connectivity index (χ1) is 7.79. The number of likely N-dealkylation sites (tertiary alicyclic amines) is 1. The topological polar surface area (TPSA) is 32.3 Å². The van der Waals surface area contributed by atoms with Crippen molar-refractivity contribution in [2.45, 2.75) is 38.9 Å². The van der Waals surface area contributed by atoms with E-state index in [1.54, 1.807) is 18.7 Å². The molecule has 1 unspecified atom stereocenters. The van der Waals surface area contributed by atoms with Crippen molar-refractivity contribution in [1.82, 2.24) is 10.2 Å². The number of carbonyl (C=O) groups is 1. The van der Waals surface area contributed by atoms with Crippen molar-refractivity contribution in [3.8, 4) is 0 Å². The molecule has 1 fully saturated rings. The van der Waals surface area contributed by atoms with Gasteiger partial charge in [0.2, 0.25) is 5.91 Å². The molecule has 6 heteroatoms. The van der Waals surface area contributed by atoms with Gasteiger partial charge in [0.1, 0.15) is 0 Å². The number of hydrogen-bond donors (Lipinski definition) is 1. The number of amides is 1. The Morgan fingerprint density at radius 2 is 2.12 bits per heavy atom. The predicted molar refractivity (Wildman–Crippen MR) is 58.5 cm³/mol. The molecule has 1 rings (SSSR count). The molecule has 0 aromatic carbocycles. The second-order valence-electron chi connectivity index (χ2n) is 4.77. The van der Waals surface area contributed by atoms with E-state index >= 15 is 0 Å². The van der Waals surface area contributed by atoms with Crippen LogP contribution in [0.2, 0.25) is 0 Å². The molecule has 0 bridgehead atoms. The lowest BCUT2D eigenvalue weighted by Crippen LogP contribution is -2.50. The summed E-state index contributed by atoms with van der Waals surface area (Å²) in [6.45, 7) is 3.65. The fraction of sp³-hybridized carbons (Fsp3) is 0.909. The number of hydrogen-bond acceptors (Lipinski definition) is 2. The van der Waals surface area contributed by atoms with Crippen LogP contribution in [0.15, 0.2) is 0 Å². The number of halogens is 3. The van der Waals surface area contributed by atoms with Crippen LogP contribution in [0.5, 0.6) is 0 Å². The van der Waals surface area contributed by atoms with Crippen molar-refractivity contribution in [1.29, 1.82) is 0 Å². The molecule has 1 aliphatic heterocycles. The maximum Gasteiger partial charge on any atom is 0.401 e. The molecule has 1 atom stereocenters. The molecule has 0 aliphatic carbocycles.